The van der Waals surface area contributed by atoms with Crippen molar-refractivity contribution in [2.24, 2.45) is 0 Å². The van der Waals surface area contributed by atoms with Crippen LogP contribution < -0.4 is 19.1 Å². The summed E-state index contributed by atoms with van der Waals surface area (Å²) in [5.41, 5.74) is 1.70. The van der Waals surface area contributed by atoms with Gasteiger partial charge in [-0.3, -0.25) is 13.9 Å². The summed E-state index contributed by atoms with van der Waals surface area (Å²) in [4.78, 5) is 27.8. The van der Waals surface area contributed by atoms with Crippen LogP contribution >= 0.6 is 11.6 Å². The van der Waals surface area contributed by atoms with E-state index < -0.39 is 34.4 Å². The van der Waals surface area contributed by atoms with E-state index in [-0.39, 0.29) is 27.9 Å². The summed E-state index contributed by atoms with van der Waals surface area (Å²) in [5.74, 6) is -0.145. The van der Waals surface area contributed by atoms with Crippen LogP contribution in [0.2, 0.25) is 5.02 Å². The molecule has 0 heterocycles. The van der Waals surface area contributed by atoms with Gasteiger partial charge < -0.3 is 19.7 Å². The zero-order chi connectivity index (χ0) is 28.7. The van der Waals surface area contributed by atoms with Crippen molar-refractivity contribution in [3.8, 4) is 11.5 Å². The summed E-state index contributed by atoms with van der Waals surface area (Å²) in [6, 6.07) is 17.0. The van der Waals surface area contributed by atoms with Crippen LogP contribution in [0, 0.1) is 6.92 Å². The SMILES string of the molecule is CNC(=O)C(C)N(Cc1ccc(OC)cc1)C(=O)CN(c1cc(Cl)ccc1OC)S(=O)(=O)c1ccc(C)cc1. The minimum atomic E-state index is -4.25. The Hall–Kier alpha value is -3.76. The molecule has 0 spiro atoms. The zero-order valence-corrected chi connectivity index (χ0v) is 24.0. The van der Waals surface area contributed by atoms with Crippen LogP contribution in [-0.2, 0) is 26.2 Å². The molecule has 0 aliphatic rings. The molecular formula is C28H32ClN3O6S. The Morgan fingerprint density at radius 2 is 1.62 bits per heavy atom. The van der Waals surface area contributed by atoms with Crippen LogP contribution in [0.15, 0.2) is 71.6 Å². The Bertz CT molecular complexity index is 1410. The maximum atomic E-state index is 13.9. The third kappa shape index (κ3) is 7.01. The second-order valence-corrected chi connectivity index (χ2v) is 11.1. The number of aryl methyl sites for hydroxylation is 1. The number of benzene rings is 3. The highest BCUT2D eigenvalue weighted by atomic mass is 35.5. The van der Waals surface area contributed by atoms with Crippen LogP contribution in [0.3, 0.4) is 0 Å². The number of carbonyl (C=O) groups excluding carboxylic acids is 2. The van der Waals surface area contributed by atoms with Crippen molar-refractivity contribution in [3.05, 3.63) is 82.9 Å². The fourth-order valence-corrected chi connectivity index (χ4v) is 5.51. The van der Waals surface area contributed by atoms with Crippen molar-refractivity contribution in [2.75, 3.05) is 32.1 Å². The van der Waals surface area contributed by atoms with Crippen LogP contribution in [0.5, 0.6) is 11.5 Å². The highest BCUT2D eigenvalue weighted by molar-refractivity contribution is 7.92. The molecular weight excluding hydrogens is 542 g/mol. The van der Waals surface area contributed by atoms with Gasteiger partial charge in [-0.15, -0.1) is 0 Å². The normalized spacial score (nSPS) is 11.8. The van der Waals surface area contributed by atoms with Crippen molar-refractivity contribution in [2.45, 2.75) is 31.3 Å². The van der Waals surface area contributed by atoms with E-state index in [1.807, 2.05) is 6.92 Å². The minimum absolute atomic E-state index is 0.0102. The molecule has 1 N–H and O–H groups in total. The highest BCUT2D eigenvalue weighted by Crippen LogP contribution is 2.35. The van der Waals surface area contributed by atoms with Gasteiger partial charge >= 0.3 is 0 Å². The lowest BCUT2D eigenvalue weighted by molar-refractivity contribution is -0.139. The quantitative estimate of drug-likeness (QED) is 0.371. The molecule has 11 heteroatoms. The first-order valence-electron chi connectivity index (χ1n) is 12.1. The molecule has 0 bridgehead atoms. The first-order chi connectivity index (χ1) is 18.5. The number of amides is 2. The molecule has 0 aromatic heterocycles. The van der Waals surface area contributed by atoms with Gasteiger partial charge in [0.05, 0.1) is 24.8 Å². The molecule has 3 aromatic carbocycles. The van der Waals surface area contributed by atoms with E-state index in [1.165, 1.54) is 43.3 Å². The number of anilines is 1. The second-order valence-electron chi connectivity index (χ2n) is 8.80. The first-order valence-corrected chi connectivity index (χ1v) is 13.9. The van der Waals surface area contributed by atoms with Gasteiger partial charge in [0.25, 0.3) is 10.0 Å². The number of hydrogen-bond acceptors (Lipinski definition) is 6. The van der Waals surface area contributed by atoms with Gasteiger partial charge in [0, 0.05) is 18.6 Å². The minimum Gasteiger partial charge on any atom is -0.497 e. The molecule has 3 aromatic rings. The average molecular weight is 574 g/mol. The molecule has 0 aliphatic heterocycles. The van der Waals surface area contributed by atoms with Crippen LogP contribution in [-0.4, -0.2) is 59.0 Å². The van der Waals surface area contributed by atoms with Crippen molar-refractivity contribution in [3.63, 3.8) is 0 Å². The maximum absolute atomic E-state index is 13.9. The van der Waals surface area contributed by atoms with E-state index in [1.54, 1.807) is 56.5 Å². The predicted octanol–water partition coefficient (Wildman–Crippen LogP) is 4.02. The molecule has 208 valence electrons. The van der Waals surface area contributed by atoms with Crippen molar-refractivity contribution in [1.82, 2.24) is 10.2 Å². The summed E-state index contributed by atoms with van der Waals surface area (Å²) in [7, 11) is 0.165. The summed E-state index contributed by atoms with van der Waals surface area (Å²) < 4.78 is 39.5. The van der Waals surface area contributed by atoms with Gasteiger partial charge in [0.15, 0.2) is 0 Å². The number of carbonyl (C=O) groups is 2. The van der Waals surface area contributed by atoms with Gasteiger partial charge in [-0.2, -0.15) is 0 Å². The van der Waals surface area contributed by atoms with E-state index in [2.05, 4.69) is 5.32 Å². The lowest BCUT2D eigenvalue weighted by Crippen LogP contribution is -2.50. The van der Waals surface area contributed by atoms with Crippen LogP contribution in [0.25, 0.3) is 0 Å². The predicted molar refractivity (Wildman–Crippen MR) is 151 cm³/mol. The lowest BCUT2D eigenvalue weighted by Gasteiger charge is -2.32. The number of nitrogens with one attached hydrogen (secondary N) is 1. The van der Waals surface area contributed by atoms with Gasteiger partial charge in [0.1, 0.15) is 24.1 Å². The summed E-state index contributed by atoms with van der Waals surface area (Å²) >= 11 is 6.24. The first kappa shape index (κ1) is 29.8. The topological polar surface area (TPSA) is 105 Å². The maximum Gasteiger partial charge on any atom is 0.264 e. The van der Waals surface area contributed by atoms with E-state index in [0.29, 0.717) is 5.75 Å². The molecule has 39 heavy (non-hydrogen) atoms. The lowest BCUT2D eigenvalue weighted by atomic mass is 10.1. The number of halogens is 1. The Balaban J connectivity index is 2.09. The molecule has 0 fully saturated rings. The smallest absolute Gasteiger partial charge is 0.264 e. The van der Waals surface area contributed by atoms with Crippen molar-refractivity contribution >= 4 is 39.1 Å². The third-order valence-electron chi connectivity index (χ3n) is 6.22. The summed E-state index contributed by atoms with van der Waals surface area (Å²) in [5, 5.41) is 2.81. The number of sulfonamides is 1. The molecule has 1 atom stereocenters. The largest absolute Gasteiger partial charge is 0.497 e. The Morgan fingerprint density at radius 3 is 2.18 bits per heavy atom. The van der Waals surface area contributed by atoms with E-state index in [4.69, 9.17) is 21.1 Å². The molecule has 2 amide bonds. The van der Waals surface area contributed by atoms with E-state index >= 15 is 0 Å². The van der Waals surface area contributed by atoms with Crippen molar-refractivity contribution in [1.29, 1.82) is 0 Å². The van der Waals surface area contributed by atoms with Gasteiger partial charge in [-0.05, 0) is 61.9 Å². The van der Waals surface area contributed by atoms with Gasteiger partial charge in [0.2, 0.25) is 11.8 Å². The summed E-state index contributed by atoms with van der Waals surface area (Å²) in [6.45, 7) is 2.88. The number of rotatable bonds is 11. The average Bonchev–Trinajstić information content (AvgIpc) is 2.94. The molecule has 0 saturated heterocycles. The van der Waals surface area contributed by atoms with Crippen molar-refractivity contribution < 1.29 is 27.5 Å². The Kier molecular flexibility index (Phi) is 9.82. The molecule has 3 rings (SSSR count). The van der Waals surface area contributed by atoms with Crippen LogP contribution in [0.1, 0.15) is 18.1 Å². The van der Waals surface area contributed by atoms with Gasteiger partial charge in [-0.25, -0.2) is 8.42 Å². The molecule has 0 radical (unpaired) electrons. The number of nitrogens with zero attached hydrogens (tertiary/aromatic N) is 2. The van der Waals surface area contributed by atoms with E-state index in [0.717, 1.165) is 15.4 Å². The Labute approximate surface area is 234 Å². The number of methoxy groups -OCH3 is 2. The zero-order valence-electron chi connectivity index (χ0n) is 22.5. The Morgan fingerprint density at radius 1 is 0.974 bits per heavy atom. The molecule has 1 unspecified atom stereocenters. The number of likely N-dealkylation sites (N-methyl/N-ethyl adjacent to an activating group) is 1. The van der Waals surface area contributed by atoms with E-state index in [9.17, 15) is 18.0 Å². The molecule has 0 aliphatic carbocycles. The van der Waals surface area contributed by atoms with Gasteiger partial charge in [-0.1, -0.05) is 41.4 Å². The highest BCUT2D eigenvalue weighted by Gasteiger charge is 2.33. The standard InChI is InChI=1S/C28H32ClN3O6S/c1-19-6-13-24(14-7-19)39(35,36)32(25-16-22(29)10-15-26(25)38-5)18-27(33)31(20(2)28(34)30-3)17-21-8-11-23(37-4)12-9-21/h6-16,20H,17-18H2,1-5H3,(H,30,34). The second kappa shape index (κ2) is 12.9. The molecule has 0 saturated carbocycles. The van der Waals surface area contributed by atoms with Crippen LogP contribution in [0.4, 0.5) is 5.69 Å². The number of ether oxygens (including phenoxy) is 2. The summed E-state index contributed by atoms with van der Waals surface area (Å²) in [6.07, 6.45) is 0. The third-order valence-corrected chi connectivity index (χ3v) is 8.23. The fourth-order valence-electron chi connectivity index (χ4n) is 3.93. The fraction of sp³-hybridized carbons (Fsp3) is 0.286. The number of hydrogen-bond donors (Lipinski definition) is 1. The monoisotopic (exact) mass is 573 g/mol. The molecule has 9 nitrogen and oxygen atoms in total.